The van der Waals surface area contributed by atoms with Crippen LogP contribution in [0, 0.1) is 0 Å². The van der Waals surface area contributed by atoms with Crippen LogP contribution in [0.25, 0.3) is 0 Å². The van der Waals surface area contributed by atoms with Crippen molar-refractivity contribution >= 4 is 10.1 Å². The summed E-state index contributed by atoms with van der Waals surface area (Å²) in [6.07, 6.45) is 0. The molecule has 0 aliphatic carbocycles. The van der Waals surface area contributed by atoms with Crippen LogP contribution in [0.15, 0.2) is 0 Å². The third-order valence-electron chi connectivity index (χ3n) is 1.54. The Morgan fingerprint density at radius 2 is 1.62 bits per heavy atom. The molecule has 0 rings (SSSR count). The average molecular weight is 217 g/mol. The molecule has 0 aromatic carbocycles. The van der Waals surface area contributed by atoms with Gasteiger partial charge in [-0.3, -0.25) is 4.55 Å². The highest BCUT2D eigenvalue weighted by atomic mass is 32.2. The van der Waals surface area contributed by atoms with Gasteiger partial charge >= 0.3 is 10.1 Å². The Hall–Kier alpha value is -0.330. The number of rotatable bonds is 5. The van der Waals surface area contributed by atoms with Crippen molar-refractivity contribution < 1.29 is 28.6 Å². The third kappa shape index (κ3) is 2.12. The molecule has 0 radical (unpaired) electrons. The molecular formula is C3H11N3O6S. The van der Waals surface area contributed by atoms with Crippen LogP contribution in [-0.4, -0.2) is 39.6 Å². The number of hydrogen-bond acceptors (Lipinski definition) is 8. The summed E-state index contributed by atoms with van der Waals surface area (Å²) in [7, 11) is -4.88. The fourth-order valence-electron chi connectivity index (χ4n) is 0.648. The summed E-state index contributed by atoms with van der Waals surface area (Å²) in [5.41, 5.74) is 3.70. The maximum Gasteiger partial charge on any atom is 0.303 e. The first-order valence-corrected chi connectivity index (χ1v) is 4.49. The maximum absolute atomic E-state index is 10.7. The second kappa shape index (κ2) is 4.26. The third-order valence-corrected chi connectivity index (χ3v) is 2.89. The molecule has 13 heavy (non-hydrogen) atoms. The molecule has 1 unspecified atom stereocenters. The van der Waals surface area contributed by atoms with Crippen molar-refractivity contribution in [3.05, 3.63) is 0 Å². The van der Waals surface area contributed by atoms with Gasteiger partial charge < -0.3 is 15.6 Å². The van der Waals surface area contributed by atoms with Crippen molar-refractivity contribution in [1.82, 2.24) is 16.4 Å². The lowest BCUT2D eigenvalue weighted by atomic mass is 10.3. The molecule has 7 N–H and O–H groups in total. The zero-order chi connectivity index (χ0) is 10.7. The highest BCUT2D eigenvalue weighted by Crippen LogP contribution is 2.12. The molecule has 0 aromatic rings. The molecule has 10 heteroatoms. The van der Waals surface area contributed by atoms with Gasteiger partial charge in [-0.2, -0.15) is 24.9 Å². The lowest BCUT2D eigenvalue weighted by molar-refractivity contribution is -0.0423. The Labute approximate surface area is 74.0 Å². The Balaban J connectivity index is 5.16. The lowest BCUT2D eigenvalue weighted by Crippen LogP contribution is -2.69. The molecule has 0 saturated carbocycles. The van der Waals surface area contributed by atoms with Crippen LogP contribution < -0.4 is 16.4 Å². The molecule has 0 aliphatic rings. The van der Waals surface area contributed by atoms with Gasteiger partial charge in [0.05, 0.1) is 6.04 Å². The second-order valence-corrected chi connectivity index (χ2v) is 3.88. The molecule has 1 atom stereocenters. The summed E-state index contributed by atoms with van der Waals surface area (Å²) in [6, 6.07) is -1.42. The highest BCUT2D eigenvalue weighted by molar-refractivity contribution is 7.87. The Kier molecular flexibility index (Phi) is 4.15. The normalized spacial score (nSPS) is 15.8. The number of hydroxylamine groups is 3. The van der Waals surface area contributed by atoms with Crippen LogP contribution in [0.3, 0.4) is 0 Å². The molecule has 80 valence electrons. The van der Waals surface area contributed by atoms with Gasteiger partial charge in [0.2, 0.25) is 0 Å². The van der Waals surface area contributed by atoms with Gasteiger partial charge in [-0.15, -0.1) is 0 Å². The van der Waals surface area contributed by atoms with E-state index in [-0.39, 0.29) is 0 Å². The van der Waals surface area contributed by atoms with Crippen LogP contribution in [0.5, 0.6) is 0 Å². The predicted octanol–water partition coefficient (Wildman–Crippen LogP) is -2.15. The summed E-state index contributed by atoms with van der Waals surface area (Å²) in [5, 5.41) is 25.3. The van der Waals surface area contributed by atoms with E-state index in [4.69, 9.17) is 20.2 Å². The molecule has 0 bridgehead atoms. The van der Waals surface area contributed by atoms with Crippen LogP contribution in [-0.2, 0) is 10.1 Å². The number of hydrogen-bond donors (Lipinski definition) is 7. The summed E-state index contributed by atoms with van der Waals surface area (Å²) in [4.78, 5) is -2.69. The molecule has 0 heterocycles. The SMILES string of the molecule is CC(NO)C(NO)(NO)S(=O)(=O)O. The Morgan fingerprint density at radius 1 is 1.23 bits per heavy atom. The zero-order valence-electron chi connectivity index (χ0n) is 6.59. The first kappa shape index (κ1) is 12.7. The zero-order valence-corrected chi connectivity index (χ0v) is 7.41. The summed E-state index contributed by atoms with van der Waals surface area (Å²) < 4.78 is 30.0. The fourth-order valence-corrected chi connectivity index (χ4v) is 1.38. The quantitative estimate of drug-likeness (QED) is 0.155. The smallest absolute Gasteiger partial charge is 0.303 e. The van der Waals surface area contributed by atoms with E-state index in [1.54, 1.807) is 0 Å². The fraction of sp³-hybridized carbons (Fsp3) is 1.00. The minimum absolute atomic E-state index is 1.07. The van der Waals surface area contributed by atoms with E-state index in [0.29, 0.717) is 0 Å². The first-order valence-electron chi connectivity index (χ1n) is 3.05. The van der Waals surface area contributed by atoms with Gasteiger partial charge in [-0.25, -0.2) is 0 Å². The van der Waals surface area contributed by atoms with Crippen molar-refractivity contribution in [2.75, 3.05) is 0 Å². The minimum atomic E-state index is -4.88. The Bertz CT molecular complexity index is 248. The largest absolute Gasteiger partial charge is 0.316 e. The highest BCUT2D eigenvalue weighted by Gasteiger charge is 2.48. The van der Waals surface area contributed by atoms with E-state index < -0.39 is 21.2 Å². The predicted molar refractivity (Wildman–Crippen MR) is 38.5 cm³/mol. The summed E-state index contributed by atoms with van der Waals surface area (Å²) in [6.45, 7) is 1.07. The molecule has 0 aliphatic heterocycles. The monoisotopic (exact) mass is 217 g/mol. The molecule has 0 aromatic heterocycles. The van der Waals surface area contributed by atoms with E-state index in [2.05, 4.69) is 0 Å². The summed E-state index contributed by atoms with van der Waals surface area (Å²) >= 11 is 0. The topological polar surface area (TPSA) is 151 Å². The van der Waals surface area contributed by atoms with Gasteiger partial charge in [-0.05, 0) is 6.92 Å². The second-order valence-electron chi connectivity index (χ2n) is 2.29. The molecule has 0 fully saturated rings. The minimum Gasteiger partial charge on any atom is -0.316 e. The van der Waals surface area contributed by atoms with Gasteiger partial charge in [0, 0.05) is 0 Å². The van der Waals surface area contributed by atoms with Gasteiger partial charge in [-0.1, -0.05) is 0 Å². The average Bonchev–Trinajstić information content (AvgIpc) is 2.04. The van der Waals surface area contributed by atoms with Crippen molar-refractivity contribution in [3.63, 3.8) is 0 Å². The van der Waals surface area contributed by atoms with Gasteiger partial charge in [0.1, 0.15) is 0 Å². The standard InChI is InChI=1S/C3H11N3O6S/c1-2(4-7)3(5-8,6-9)13(10,11)12/h2,4-9H,1H3,(H,10,11,12). The maximum atomic E-state index is 10.7. The van der Waals surface area contributed by atoms with Crippen molar-refractivity contribution in [1.29, 1.82) is 0 Å². The molecule has 0 saturated heterocycles. The lowest BCUT2D eigenvalue weighted by Gasteiger charge is -2.31. The first-order chi connectivity index (χ1) is 5.85. The Morgan fingerprint density at radius 3 is 1.69 bits per heavy atom. The van der Waals surface area contributed by atoms with Crippen molar-refractivity contribution in [3.8, 4) is 0 Å². The molecular weight excluding hydrogens is 206 g/mol. The van der Waals surface area contributed by atoms with E-state index in [1.165, 1.54) is 5.48 Å². The molecule has 0 spiro atoms. The van der Waals surface area contributed by atoms with Crippen molar-refractivity contribution in [2.45, 2.75) is 18.0 Å². The van der Waals surface area contributed by atoms with Crippen molar-refractivity contribution in [2.24, 2.45) is 0 Å². The van der Waals surface area contributed by atoms with E-state index in [1.807, 2.05) is 0 Å². The van der Waals surface area contributed by atoms with Gasteiger partial charge in [0.25, 0.3) is 4.99 Å². The number of nitrogens with one attached hydrogen (secondary N) is 3. The van der Waals surface area contributed by atoms with Gasteiger partial charge in [0.15, 0.2) is 0 Å². The summed E-state index contributed by atoms with van der Waals surface area (Å²) in [5.74, 6) is 0. The van der Waals surface area contributed by atoms with E-state index >= 15 is 0 Å². The van der Waals surface area contributed by atoms with Crippen LogP contribution in [0.4, 0.5) is 0 Å². The van der Waals surface area contributed by atoms with E-state index in [9.17, 15) is 8.42 Å². The molecule has 0 amide bonds. The van der Waals surface area contributed by atoms with Crippen LogP contribution >= 0.6 is 0 Å². The van der Waals surface area contributed by atoms with Crippen LogP contribution in [0.2, 0.25) is 0 Å². The molecule has 9 nitrogen and oxygen atoms in total. The van der Waals surface area contributed by atoms with E-state index in [0.717, 1.165) is 17.9 Å². The van der Waals surface area contributed by atoms with Crippen LogP contribution in [0.1, 0.15) is 6.92 Å².